The molecule has 2 rings (SSSR count). The average Bonchev–Trinajstić information content (AvgIpc) is 2.85. The molecular formula is C15H16BrClFNO. The summed E-state index contributed by atoms with van der Waals surface area (Å²) < 4.78 is 20.3. The summed E-state index contributed by atoms with van der Waals surface area (Å²) in [4.78, 5) is 0. The van der Waals surface area contributed by atoms with Gasteiger partial charge < -0.3 is 9.73 Å². The maximum absolute atomic E-state index is 14.4. The molecule has 1 aromatic carbocycles. The van der Waals surface area contributed by atoms with Crippen molar-refractivity contribution in [1.29, 1.82) is 0 Å². The number of furan rings is 1. The zero-order valence-corrected chi connectivity index (χ0v) is 13.7. The lowest BCUT2D eigenvalue weighted by molar-refractivity contribution is 0.508. The van der Waals surface area contributed by atoms with E-state index < -0.39 is 5.82 Å². The van der Waals surface area contributed by atoms with Crippen molar-refractivity contribution in [3.05, 3.63) is 56.7 Å². The van der Waals surface area contributed by atoms with Crippen molar-refractivity contribution >= 4 is 27.5 Å². The van der Waals surface area contributed by atoms with Gasteiger partial charge in [0.15, 0.2) is 0 Å². The van der Waals surface area contributed by atoms with Crippen LogP contribution in [0.5, 0.6) is 0 Å². The Bertz CT molecular complexity index is 600. The SMILES string of the molecule is CCCNC(c1ccoc1C)c1ccc(Br)c(Cl)c1F. The van der Waals surface area contributed by atoms with E-state index in [4.69, 9.17) is 16.0 Å². The second kappa shape index (κ2) is 6.74. The first kappa shape index (κ1) is 15.5. The molecule has 1 atom stereocenters. The van der Waals surface area contributed by atoms with Crippen LogP contribution in [0.25, 0.3) is 0 Å². The Morgan fingerprint density at radius 1 is 1.35 bits per heavy atom. The van der Waals surface area contributed by atoms with Crippen LogP contribution in [0.4, 0.5) is 4.39 Å². The number of benzene rings is 1. The summed E-state index contributed by atoms with van der Waals surface area (Å²) in [6.45, 7) is 4.72. The van der Waals surface area contributed by atoms with E-state index in [-0.39, 0.29) is 11.1 Å². The van der Waals surface area contributed by atoms with Crippen molar-refractivity contribution < 1.29 is 8.81 Å². The molecular weight excluding hydrogens is 345 g/mol. The highest BCUT2D eigenvalue weighted by molar-refractivity contribution is 9.10. The van der Waals surface area contributed by atoms with Crippen molar-refractivity contribution in [3.63, 3.8) is 0 Å². The number of rotatable bonds is 5. The van der Waals surface area contributed by atoms with Crippen LogP contribution in [-0.4, -0.2) is 6.54 Å². The van der Waals surface area contributed by atoms with E-state index in [1.54, 1.807) is 18.4 Å². The largest absolute Gasteiger partial charge is 0.469 e. The Labute approximate surface area is 131 Å². The summed E-state index contributed by atoms with van der Waals surface area (Å²) in [6, 6.07) is 5.10. The first-order valence-electron chi connectivity index (χ1n) is 6.47. The predicted molar refractivity (Wildman–Crippen MR) is 82.7 cm³/mol. The van der Waals surface area contributed by atoms with Gasteiger partial charge in [-0.05, 0) is 48.0 Å². The fourth-order valence-corrected chi connectivity index (χ4v) is 2.61. The molecule has 1 unspecified atom stereocenters. The number of halogens is 3. The Hall–Kier alpha value is -0.840. The summed E-state index contributed by atoms with van der Waals surface area (Å²) in [5.74, 6) is 0.368. The molecule has 1 N–H and O–H groups in total. The third-order valence-corrected chi connectivity index (χ3v) is 4.44. The van der Waals surface area contributed by atoms with E-state index in [1.807, 2.05) is 13.0 Å². The topological polar surface area (TPSA) is 25.2 Å². The maximum atomic E-state index is 14.4. The second-order valence-electron chi connectivity index (χ2n) is 4.58. The van der Waals surface area contributed by atoms with E-state index in [2.05, 4.69) is 28.2 Å². The van der Waals surface area contributed by atoms with Crippen LogP contribution in [0.3, 0.4) is 0 Å². The van der Waals surface area contributed by atoms with Gasteiger partial charge in [0.25, 0.3) is 0 Å². The van der Waals surface area contributed by atoms with E-state index in [0.29, 0.717) is 10.0 Å². The minimum Gasteiger partial charge on any atom is -0.469 e. The Balaban J connectivity index is 2.47. The molecule has 0 spiro atoms. The summed E-state index contributed by atoms with van der Waals surface area (Å²) in [6.07, 6.45) is 2.57. The first-order chi connectivity index (χ1) is 9.56. The molecule has 1 aromatic heterocycles. The lowest BCUT2D eigenvalue weighted by Crippen LogP contribution is -2.24. The molecule has 2 aromatic rings. The van der Waals surface area contributed by atoms with Crippen LogP contribution < -0.4 is 5.32 Å². The van der Waals surface area contributed by atoms with Crippen molar-refractivity contribution in [2.24, 2.45) is 0 Å². The highest BCUT2D eigenvalue weighted by atomic mass is 79.9. The molecule has 0 amide bonds. The minimum absolute atomic E-state index is 0.104. The lowest BCUT2D eigenvalue weighted by Gasteiger charge is -2.20. The van der Waals surface area contributed by atoms with Gasteiger partial charge in [-0.1, -0.05) is 24.6 Å². The normalized spacial score (nSPS) is 12.7. The number of hydrogen-bond acceptors (Lipinski definition) is 2. The first-order valence-corrected chi connectivity index (χ1v) is 7.64. The fourth-order valence-electron chi connectivity index (χ4n) is 2.13. The number of hydrogen-bond donors (Lipinski definition) is 1. The van der Waals surface area contributed by atoms with Crippen molar-refractivity contribution in [2.75, 3.05) is 6.54 Å². The average molecular weight is 361 g/mol. The van der Waals surface area contributed by atoms with Crippen LogP contribution in [0.1, 0.15) is 36.3 Å². The second-order valence-corrected chi connectivity index (χ2v) is 5.82. The Kier molecular flexibility index (Phi) is 5.24. The Morgan fingerprint density at radius 2 is 2.10 bits per heavy atom. The van der Waals surface area contributed by atoms with E-state index in [1.165, 1.54) is 0 Å². The number of aryl methyl sites for hydroxylation is 1. The molecule has 108 valence electrons. The zero-order valence-electron chi connectivity index (χ0n) is 11.3. The van der Waals surface area contributed by atoms with Crippen molar-refractivity contribution in [1.82, 2.24) is 5.32 Å². The molecule has 0 fully saturated rings. The minimum atomic E-state index is -0.407. The summed E-state index contributed by atoms with van der Waals surface area (Å²) in [5.41, 5.74) is 1.45. The molecule has 0 radical (unpaired) electrons. The van der Waals surface area contributed by atoms with Gasteiger partial charge in [-0.15, -0.1) is 0 Å². The van der Waals surface area contributed by atoms with Gasteiger partial charge in [-0.2, -0.15) is 0 Å². The van der Waals surface area contributed by atoms with Gasteiger partial charge in [0, 0.05) is 15.6 Å². The van der Waals surface area contributed by atoms with E-state index in [0.717, 1.165) is 24.3 Å². The molecule has 0 aliphatic rings. The van der Waals surface area contributed by atoms with Gasteiger partial charge in [-0.25, -0.2) is 4.39 Å². The fraction of sp³-hybridized carbons (Fsp3) is 0.333. The molecule has 0 saturated carbocycles. The standard InChI is InChI=1S/C15H16BrClFNO/c1-3-7-19-15(10-6-8-20-9(10)2)11-4-5-12(16)13(17)14(11)18/h4-6,8,15,19H,3,7H2,1-2H3. The van der Waals surface area contributed by atoms with Crippen LogP contribution in [0, 0.1) is 12.7 Å². The molecule has 5 heteroatoms. The highest BCUT2D eigenvalue weighted by Gasteiger charge is 2.22. The van der Waals surface area contributed by atoms with Gasteiger partial charge >= 0.3 is 0 Å². The van der Waals surface area contributed by atoms with Crippen LogP contribution in [0.2, 0.25) is 5.02 Å². The summed E-state index contributed by atoms with van der Waals surface area (Å²) in [5, 5.41) is 3.45. The maximum Gasteiger partial charge on any atom is 0.148 e. The third kappa shape index (κ3) is 3.08. The van der Waals surface area contributed by atoms with Crippen LogP contribution >= 0.6 is 27.5 Å². The predicted octanol–water partition coefficient (Wildman–Crippen LogP) is 5.23. The van der Waals surface area contributed by atoms with Crippen molar-refractivity contribution in [2.45, 2.75) is 26.3 Å². The van der Waals surface area contributed by atoms with Crippen LogP contribution in [-0.2, 0) is 0 Å². The van der Waals surface area contributed by atoms with Crippen LogP contribution in [0.15, 0.2) is 33.4 Å². The quantitative estimate of drug-likeness (QED) is 0.738. The van der Waals surface area contributed by atoms with Gasteiger partial charge in [0.2, 0.25) is 0 Å². The van der Waals surface area contributed by atoms with E-state index in [9.17, 15) is 4.39 Å². The molecule has 0 aliphatic heterocycles. The molecule has 2 nitrogen and oxygen atoms in total. The summed E-state index contributed by atoms with van der Waals surface area (Å²) >= 11 is 9.22. The highest BCUT2D eigenvalue weighted by Crippen LogP contribution is 2.34. The van der Waals surface area contributed by atoms with Crippen molar-refractivity contribution in [3.8, 4) is 0 Å². The van der Waals surface area contributed by atoms with E-state index >= 15 is 0 Å². The smallest absolute Gasteiger partial charge is 0.148 e. The summed E-state index contributed by atoms with van der Waals surface area (Å²) in [7, 11) is 0. The molecule has 0 bridgehead atoms. The molecule has 20 heavy (non-hydrogen) atoms. The molecule has 0 aliphatic carbocycles. The molecule has 0 saturated heterocycles. The third-order valence-electron chi connectivity index (χ3n) is 3.18. The molecule has 1 heterocycles. The number of nitrogens with one attached hydrogen (secondary N) is 1. The van der Waals surface area contributed by atoms with Gasteiger partial charge in [0.1, 0.15) is 11.6 Å². The van der Waals surface area contributed by atoms with Gasteiger partial charge in [-0.3, -0.25) is 0 Å². The van der Waals surface area contributed by atoms with Gasteiger partial charge in [0.05, 0.1) is 17.3 Å². The Morgan fingerprint density at radius 3 is 2.70 bits per heavy atom. The monoisotopic (exact) mass is 359 g/mol. The lowest BCUT2D eigenvalue weighted by atomic mass is 9.98. The zero-order chi connectivity index (χ0) is 14.7.